The van der Waals surface area contributed by atoms with Gasteiger partial charge in [0.25, 0.3) is 5.91 Å². The van der Waals surface area contributed by atoms with Crippen LogP contribution in [0.4, 0.5) is 28.4 Å². The van der Waals surface area contributed by atoms with Gasteiger partial charge >= 0.3 is 18.3 Å². The molecule has 1 spiro atoms. The van der Waals surface area contributed by atoms with E-state index in [0.29, 0.717) is 0 Å². The van der Waals surface area contributed by atoms with Crippen molar-refractivity contribution in [2.24, 2.45) is 0 Å². The van der Waals surface area contributed by atoms with Gasteiger partial charge in [-0.3, -0.25) is 4.79 Å². The van der Waals surface area contributed by atoms with Crippen LogP contribution in [-0.2, 0) is 11.0 Å². The number of rotatable bonds is 1. The fourth-order valence-electron chi connectivity index (χ4n) is 3.07. The lowest BCUT2D eigenvalue weighted by atomic mass is 9.87. The van der Waals surface area contributed by atoms with Crippen LogP contribution in [0.3, 0.4) is 0 Å². The Kier molecular flexibility index (Phi) is 3.85. The second-order valence-corrected chi connectivity index (χ2v) is 5.97. The number of hydrogen-bond donors (Lipinski definition) is 2. The summed E-state index contributed by atoms with van der Waals surface area (Å²) in [6, 6.07) is 2.99. The second kappa shape index (κ2) is 5.64. The molecule has 0 atom stereocenters. The zero-order valence-electron chi connectivity index (χ0n) is 12.8. The highest BCUT2D eigenvalue weighted by molar-refractivity contribution is 6.23. The third-order valence-electron chi connectivity index (χ3n) is 4.50. The fourth-order valence-corrected chi connectivity index (χ4v) is 3.07. The summed E-state index contributed by atoms with van der Waals surface area (Å²) in [6.07, 6.45) is -5.39. The Labute approximate surface area is 140 Å². The van der Waals surface area contributed by atoms with E-state index in [9.17, 15) is 27.6 Å². The largest absolute Gasteiger partial charge is 0.465 e. The number of halogens is 3. The van der Waals surface area contributed by atoms with Gasteiger partial charge in [-0.1, -0.05) is 0 Å². The topological polar surface area (TPSA) is 89.9 Å². The predicted molar refractivity (Wildman–Crippen MR) is 79.0 cm³/mol. The van der Waals surface area contributed by atoms with Crippen molar-refractivity contribution in [2.75, 3.05) is 18.0 Å². The molecule has 2 heterocycles. The van der Waals surface area contributed by atoms with Gasteiger partial charge in [-0.25, -0.2) is 14.5 Å². The molecule has 7 nitrogen and oxygen atoms in total. The first-order chi connectivity index (χ1) is 11.6. The van der Waals surface area contributed by atoms with Gasteiger partial charge < -0.3 is 15.3 Å². The minimum Gasteiger partial charge on any atom is -0.465 e. The van der Waals surface area contributed by atoms with Crippen molar-refractivity contribution in [3.05, 3.63) is 29.8 Å². The van der Waals surface area contributed by atoms with E-state index >= 15 is 0 Å². The van der Waals surface area contributed by atoms with E-state index in [0.717, 1.165) is 34.1 Å². The van der Waals surface area contributed by atoms with Crippen LogP contribution in [0.25, 0.3) is 0 Å². The van der Waals surface area contributed by atoms with Crippen molar-refractivity contribution < 1.29 is 32.7 Å². The van der Waals surface area contributed by atoms with Gasteiger partial charge in [0.05, 0.1) is 11.3 Å². The van der Waals surface area contributed by atoms with Crippen molar-refractivity contribution in [1.82, 2.24) is 10.2 Å². The maximum Gasteiger partial charge on any atom is 0.416 e. The summed E-state index contributed by atoms with van der Waals surface area (Å²) in [5, 5.41) is 11.5. The molecule has 4 amide bonds. The highest BCUT2D eigenvalue weighted by Gasteiger charge is 2.53. The van der Waals surface area contributed by atoms with Crippen LogP contribution in [0.2, 0.25) is 0 Å². The van der Waals surface area contributed by atoms with Crippen LogP contribution < -0.4 is 10.2 Å². The molecule has 1 aromatic rings. The molecular formula is C15H14F3N3O4. The number of piperidine rings is 1. The second-order valence-electron chi connectivity index (χ2n) is 5.97. The molecule has 0 bridgehead atoms. The number of carbonyl (C=O) groups excluding carboxylic acids is 2. The van der Waals surface area contributed by atoms with Gasteiger partial charge in [-0.05, 0) is 37.1 Å². The highest BCUT2D eigenvalue weighted by atomic mass is 19.4. The number of alkyl halides is 3. The minimum absolute atomic E-state index is 0.0352. The Bertz CT molecular complexity index is 725. The summed E-state index contributed by atoms with van der Waals surface area (Å²) in [5.41, 5.74) is -2.06. The molecule has 2 aliphatic rings. The quantitative estimate of drug-likeness (QED) is 0.755. The third-order valence-corrected chi connectivity index (χ3v) is 4.50. The Morgan fingerprint density at radius 2 is 1.68 bits per heavy atom. The van der Waals surface area contributed by atoms with Crippen LogP contribution in [0.1, 0.15) is 18.4 Å². The molecule has 2 fully saturated rings. The van der Waals surface area contributed by atoms with Crippen molar-refractivity contribution in [3.8, 4) is 0 Å². The monoisotopic (exact) mass is 357 g/mol. The molecule has 1 aromatic carbocycles. The summed E-state index contributed by atoms with van der Waals surface area (Å²) < 4.78 is 37.9. The van der Waals surface area contributed by atoms with Gasteiger partial charge in [-0.15, -0.1) is 0 Å². The lowest BCUT2D eigenvalue weighted by molar-refractivity contribution is -0.137. The van der Waals surface area contributed by atoms with Gasteiger partial charge in [0.2, 0.25) is 0 Å². The van der Waals surface area contributed by atoms with Crippen molar-refractivity contribution in [1.29, 1.82) is 0 Å². The molecule has 2 aliphatic heterocycles. The molecule has 0 unspecified atom stereocenters. The van der Waals surface area contributed by atoms with Crippen LogP contribution in [0, 0.1) is 0 Å². The van der Waals surface area contributed by atoms with Crippen LogP contribution in [0.15, 0.2) is 24.3 Å². The van der Waals surface area contributed by atoms with E-state index in [4.69, 9.17) is 5.11 Å². The number of carboxylic acid groups (broad SMARTS) is 1. The molecular weight excluding hydrogens is 343 g/mol. The van der Waals surface area contributed by atoms with E-state index in [1.54, 1.807) is 0 Å². The molecule has 0 aliphatic carbocycles. The number of amides is 4. The molecule has 2 N–H and O–H groups in total. The smallest absolute Gasteiger partial charge is 0.416 e. The van der Waals surface area contributed by atoms with Crippen LogP contribution in [-0.4, -0.2) is 46.7 Å². The first kappa shape index (κ1) is 17.1. The number of benzene rings is 1. The normalized spacial score (nSPS) is 20.1. The number of imide groups is 1. The molecule has 3 rings (SSSR count). The zero-order chi connectivity index (χ0) is 18.4. The summed E-state index contributed by atoms with van der Waals surface area (Å²) in [5.74, 6) is -0.581. The number of carbonyl (C=O) groups is 3. The van der Waals surface area contributed by atoms with Gasteiger partial charge in [-0.2, -0.15) is 13.2 Å². The lowest BCUT2D eigenvalue weighted by Gasteiger charge is -2.35. The Hall–Kier alpha value is -2.78. The molecule has 0 saturated carbocycles. The molecule has 10 heteroatoms. The van der Waals surface area contributed by atoms with Crippen molar-refractivity contribution >= 4 is 23.7 Å². The van der Waals surface area contributed by atoms with E-state index in [1.807, 2.05) is 0 Å². The molecule has 134 valence electrons. The molecule has 0 radical (unpaired) electrons. The third kappa shape index (κ3) is 2.87. The fraction of sp³-hybridized carbons (Fsp3) is 0.400. The van der Waals surface area contributed by atoms with Crippen LogP contribution >= 0.6 is 0 Å². The summed E-state index contributed by atoms with van der Waals surface area (Å²) >= 11 is 0. The average Bonchev–Trinajstić information content (AvgIpc) is 2.77. The maximum absolute atomic E-state index is 12.7. The minimum atomic E-state index is -4.51. The summed E-state index contributed by atoms with van der Waals surface area (Å²) in [7, 11) is 0. The van der Waals surface area contributed by atoms with E-state index in [2.05, 4.69) is 5.32 Å². The summed E-state index contributed by atoms with van der Waals surface area (Å²) in [6.45, 7) is 0.171. The highest BCUT2D eigenvalue weighted by Crippen LogP contribution is 2.34. The van der Waals surface area contributed by atoms with Gasteiger partial charge in [0, 0.05) is 13.1 Å². The molecule has 0 aromatic heterocycles. The van der Waals surface area contributed by atoms with E-state index in [-0.39, 0.29) is 31.6 Å². The van der Waals surface area contributed by atoms with Crippen molar-refractivity contribution in [2.45, 2.75) is 24.6 Å². The number of urea groups is 1. The van der Waals surface area contributed by atoms with Gasteiger partial charge in [0.15, 0.2) is 0 Å². The predicted octanol–water partition coefficient (Wildman–Crippen LogP) is 2.27. The Balaban J connectivity index is 1.82. The number of nitrogens with zero attached hydrogens (tertiary/aromatic N) is 2. The van der Waals surface area contributed by atoms with E-state index in [1.165, 1.54) is 0 Å². The number of anilines is 1. The Morgan fingerprint density at radius 1 is 1.12 bits per heavy atom. The number of nitrogens with one attached hydrogen (secondary N) is 1. The Morgan fingerprint density at radius 3 is 2.16 bits per heavy atom. The first-order valence-corrected chi connectivity index (χ1v) is 7.46. The molecule has 25 heavy (non-hydrogen) atoms. The average molecular weight is 357 g/mol. The standard InChI is InChI=1S/C15H14F3N3O4/c16-15(17,18)9-1-3-10(4-2-9)21-11(22)14(19-12(21)23)5-7-20(8-6-14)13(24)25/h1-4H,5-8H2,(H,19,23)(H,24,25). The zero-order valence-corrected chi connectivity index (χ0v) is 12.8. The lowest BCUT2D eigenvalue weighted by Crippen LogP contribution is -2.55. The van der Waals surface area contributed by atoms with E-state index < -0.39 is 35.3 Å². The van der Waals surface area contributed by atoms with Crippen molar-refractivity contribution in [3.63, 3.8) is 0 Å². The summed E-state index contributed by atoms with van der Waals surface area (Å²) in [4.78, 5) is 37.8. The number of likely N-dealkylation sites (tertiary alicyclic amines) is 1. The first-order valence-electron chi connectivity index (χ1n) is 7.46. The molecule has 2 saturated heterocycles. The SMILES string of the molecule is O=C(O)N1CCC2(CC1)NC(=O)N(c1ccc(C(F)(F)F)cc1)C2=O. The van der Waals surface area contributed by atoms with Gasteiger partial charge in [0.1, 0.15) is 5.54 Å². The maximum atomic E-state index is 12.7. The van der Waals surface area contributed by atoms with Crippen LogP contribution in [0.5, 0.6) is 0 Å². The number of hydrogen-bond acceptors (Lipinski definition) is 3.